The monoisotopic (exact) mass is 435 g/mol. The van der Waals surface area contributed by atoms with Gasteiger partial charge in [-0.25, -0.2) is 9.82 Å². The SMILES string of the molecule is CCOc1ccc2ccccc2c1/C=N/NC(=O)C(NC(=O)c1ccc(F)cc1)C(C)C. The van der Waals surface area contributed by atoms with E-state index in [1.165, 1.54) is 24.3 Å². The van der Waals surface area contributed by atoms with E-state index in [-0.39, 0.29) is 11.5 Å². The minimum absolute atomic E-state index is 0.189. The van der Waals surface area contributed by atoms with Gasteiger partial charge in [0.15, 0.2) is 0 Å². The summed E-state index contributed by atoms with van der Waals surface area (Å²) in [5.74, 6) is -0.880. The number of carbonyl (C=O) groups is 2. The van der Waals surface area contributed by atoms with Crippen molar-refractivity contribution in [2.45, 2.75) is 26.8 Å². The molecular formula is C25H26FN3O3. The largest absolute Gasteiger partial charge is 0.493 e. The lowest BCUT2D eigenvalue weighted by molar-refractivity contribution is -0.123. The molecule has 0 radical (unpaired) electrons. The Balaban J connectivity index is 1.76. The van der Waals surface area contributed by atoms with Gasteiger partial charge in [0.1, 0.15) is 17.6 Å². The molecule has 32 heavy (non-hydrogen) atoms. The molecule has 0 heterocycles. The molecule has 0 spiro atoms. The van der Waals surface area contributed by atoms with Gasteiger partial charge in [0, 0.05) is 11.1 Å². The molecule has 0 bridgehead atoms. The predicted octanol–water partition coefficient (Wildman–Crippen LogP) is 4.28. The van der Waals surface area contributed by atoms with Crippen LogP contribution in [0.15, 0.2) is 65.8 Å². The van der Waals surface area contributed by atoms with E-state index >= 15 is 0 Å². The number of rotatable bonds is 8. The van der Waals surface area contributed by atoms with E-state index in [4.69, 9.17) is 4.74 Å². The molecule has 0 saturated heterocycles. The van der Waals surface area contributed by atoms with Gasteiger partial charge < -0.3 is 10.1 Å². The first kappa shape index (κ1) is 22.9. The molecule has 2 N–H and O–H groups in total. The van der Waals surface area contributed by atoms with Gasteiger partial charge in [0.05, 0.1) is 12.8 Å². The van der Waals surface area contributed by atoms with Crippen LogP contribution in [0.4, 0.5) is 4.39 Å². The third-order valence-electron chi connectivity index (χ3n) is 4.94. The summed E-state index contributed by atoms with van der Waals surface area (Å²) in [6.45, 7) is 6.03. The first-order chi connectivity index (χ1) is 15.4. The number of fused-ring (bicyclic) bond motifs is 1. The standard InChI is InChI=1S/C25H26FN3O3/c1-4-32-22-14-11-17-7-5-6-8-20(17)21(22)15-27-29-25(31)23(16(2)3)28-24(30)18-9-12-19(26)13-10-18/h5-16,23H,4H2,1-3H3,(H,28,30)(H,29,31)/b27-15+. The van der Waals surface area contributed by atoms with Gasteiger partial charge in [-0.3, -0.25) is 9.59 Å². The zero-order chi connectivity index (χ0) is 23.1. The van der Waals surface area contributed by atoms with E-state index in [2.05, 4.69) is 15.8 Å². The summed E-state index contributed by atoms with van der Waals surface area (Å²) in [5.41, 5.74) is 3.53. The molecule has 6 nitrogen and oxygen atoms in total. The highest BCUT2D eigenvalue weighted by atomic mass is 19.1. The van der Waals surface area contributed by atoms with E-state index in [9.17, 15) is 14.0 Å². The number of carbonyl (C=O) groups excluding carboxylic acids is 2. The van der Waals surface area contributed by atoms with Crippen LogP contribution in [0.5, 0.6) is 5.75 Å². The number of nitrogens with one attached hydrogen (secondary N) is 2. The number of halogens is 1. The van der Waals surface area contributed by atoms with Crippen LogP contribution in [0, 0.1) is 11.7 Å². The number of ether oxygens (including phenoxy) is 1. The van der Waals surface area contributed by atoms with Gasteiger partial charge in [-0.2, -0.15) is 5.10 Å². The van der Waals surface area contributed by atoms with E-state index in [1.54, 1.807) is 6.21 Å². The highest BCUT2D eigenvalue weighted by Crippen LogP contribution is 2.26. The lowest BCUT2D eigenvalue weighted by Gasteiger charge is -2.20. The van der Waals surface area contributed by atoms with Crippen molar-refractivity contribution in [1.29, 1.82) is 0 Å². The molecule has 0 aliphatic heterocycles. The van der Waals surface area contributed by atoms with Crippen LogP contribution >= 0.6 is 0 Å². The molecule has 3 rings (SSSR count). The summed E-state index contributed by atoms with van der Waals surface area (Å²) in [4.78, 5) is 25.2. The van der Waals surface area contributed by atoms with E-state index in [0.29, 0.717) is 12.4 Å². The molecule has 0 aliphatic rings. The van der Waals surface area contributed by atoms with Gasteiger partial charge in [-0.15, -0.1) is 0 Å². The van der Waals surface area contributed by atoms with Gasteiger partial charge in [-0.05, 0) is 53.9 Å². The Morgan fingerprint density at radius 2 is 1.78 bits per heavy atom. The Bertz CT molecular complexity index is 1130. The molecule has 0 saturated carbocycles. The summed E-state index contributed by atoms with van der Waals surface area (Å²) in [5, 5.41) is 8.78. The van der Waals surface area contributed by atoms with Gasteiger partial charge in [-0.1, -0.05) is 44.2 Å². The van der Waals surface area contributed by atoms with Crippen molar-refractivity contribution < 1.29 is 18.7 Å². The Morgan fingerprint density at radius 3 is 2.47 bits per heavy atom. The van der Waals surface area contributed by atoms with Gasteiger partial charge in [0.2, 0.25) is 0 Å². The number of nitrogens with zero attached hydrogens (tertiary/aromatic N) is 1. The van der Waals surface area contributed by atoms with Crippen LogP contribution in [-0.2, 0) is 4.79 Å². The van der Waals surface area contributed by atoms with Crippen molar-refractivity contribution in [2.75, 3.05) is 6.61 Å². The summed E-state index contributed by atoms with van der Waals surface area (Å²) in [7, 11) is 0. The Morgan fingerprint density at radius 1 is 1.06 bits per heavy atom. The van der Waals surface area contributed by atoms with Crippen molar-refractivity contribution in [1.82, 2.24) is 10.7 Å². The molecular weight excluding hydrogens is 409 g/mol. The Labute approximate surface area is 186 Å². The van der Waals surface area contributed by atoms with E-state index in [0.717, 1.165) is 16.3 Å². The third kappa shape index (κ3) is 5.49. The Kier molecular flexibility index (Phi) is 7.54. The van der Waals surface area contributed by atoms with Crippen LogP contribution in [0.25, 0.3) is 10.8 Å². The molecule has 0 fully saturated rings. The maximum atomic E-state index is 13.1. The summed E-state index contributed by atoms with van der Waals surface area (Å²) >= 11 is 0. The third-order valence-corrected chi connectivity index (χ3v) is 4.94. The zero-order valence-electron chi connectivity index (χ0n) is 18.3. The molecule has 1 atom stereocenters. The topological polar surface area (TPSA) is 79.8 Å². The lowest BCUT2D eigenvalue weighted by atomic mass is 10.0. The number of benzene rings is 3. The second kappa shape index (κ2) is 10.5. The minimum Gasteiger partial charge on any atom is -0.493 e. The highest BCUT2D eigenvalue weighted by Gasteiger charge is 2.24. The average molecular weight is 435 g/mol. The van der Waals surface area contributed by atoms with Gasteiger partial charge >= 0.3 is 0 Å². The first-order valence-corrected chi connectivity index (χ1v) is 10.4. The number of amides is 2. The number of hydrazone groups is 1. The van der Waals surface area contributed by atoms with Crippen LogP contribution < -0.4 is 15.5 Å². The van der Waals surface area contributed by atoms with Crippen molar-refractivity contribution in [2.24, 2.45) is 11.0 Å². The maximum absolute atomic E-state index is 13.1. The van der Waals surface area contributed by atoms with E-state index in [1.807, 2.05) is 57.2 Å². The summed E-state index contributed by atoms with van der Waals surface area (Å²) < 4.78 is 18.8. The fourth-order valence-electron chi connectivity index (χ4n) is 3.28. The summed E-state index contributed by atoms with van der Waals surface area (Å²) in [6.07, 6.45) is 1.55. The zero-order valence-corrected chi connectivity index (χ0v) is 18.3. The minimum atomic E-state index is -0.816. The predicted molar refractivity (Wildman–Crippen MR) is 123 cm³/mol. The summed E-state index contributed by atoms with van der Waals surface area (Å²) in [6, 6.07) is 16.0. The number of hydrogen-bond donors (Lipinski definition) is 2. The molecule has 2 amide bonds. The molecule has 0 aromatic heterocycles. The van der Waals surface area contributed by atoms with Crippen LogP contribution in [0.3, 0.4) is 0 Å². The van der Waals surface area contributed by atoms with Crippen LogP contribution in [0.2, 0.25) is 0 Å². The fourth-order valence-corrected chi connectivity index (χ4v) is 3.28. The smallest absolute Gasteiger partial charge is 0.262 e. The van der Waals surface area contributed by atoms with Crippen LogP contribution in [0.1, 0.15) is 36.7 Å². The van der Waals surface area contributed by atoms with E-state index < -0.39 is 23.7 Å². The number of hydrogen-bond acceptors (Lipinski definition) is 4. The Hall–Kier alpha value is -3.74. The average Bonchev–Trinajstić information content (AvgIpc) is 2.78. The van der Waals surface area contributed by atoms with Gasteiger partial charge in [0.25, 0.3) is 11.8 Å². The quantitative estimate of drug-likeness (QED) is 0.409. The first-order valence-electron chi connectivity index (χ1n) is 10.4. The second-order valence-electron chi connectivity index (χ2n) is 7.57. The lowest BCUT2D eigenvalue weighted by Crippen LogP contribution is -2.48. The second-order valence-corrected chi connectivity index (χ2v) is 7.57. The van der Waals surface area contributed by atoms with Crippen molar-refractivity contribution in [3.63, 3.8) is 0 Å². The van der Waals surface area contributed by atoms with Crippen molar-refractivity contribution in [3.05, 3.63) is 77.6 Å². The maximum Gasteiger partial charge on any atom is 0.262 e. The highest BCUT2D eigenvalue weighted by molar-refractivity contribution is 6.03. The molecule has 7 heteroatoms. The normalized spacial score (nSPS) is 12.2. The fraction of sp³-hybridized carbons (Fsp3) is 0.240. The van der Waals surface area contributed by atoms with Crippen molar-refractivity contribution in [3.8, 4) is 5.75 Å². The molecule has 166 valence electrons. The molecule has 0 aliphatic carbocycles. The molecule has 3 aromatic rings. The molecule has 3 aromatic carbocycles. The van der Waals surface area contributed by atoms with Crippen molar-refractivity contribution >= 4 is 28.8 Å². The van der Waals surface area contributed by atoms with Crippen LogP contribution in [-0.4, -0.2) is 30.7 Å². The molecule has 1 unspecified atom stereocenters.